The largest absolute Gasteiger partial charge is 0.486 e. The molecule has 0 aromatic heterocycles. The van der Waals surface area contributed by atoms with Crippen LogP contribution < -0.4 is 15.2 Å². The zero-order chi connectivity index (χ0) is 10.7. The molecule has 0 fully saturated rings. The molecule has 0 amide bonds. The Morgan fingerprint density at radius 2 is 2.00 bits per heavy atom. The summed E-state index contributed by atoms with van der Waals surface area (Å²) >= 11 is 0. The molecule has 0 bridgehead atoms. The Labute approximate surface area is 88.6 Å². The molecule has 4 nitrogen and oxygen atoms in total. The Kier molecular flexibility index (Phi) is 3.08. The standard InChI is InChI=1S/C11H15NO3/c12-4-3-9(13)8-1-2-10-11(7-8)15-6-5-14-10/h1-2,7,9,13H,3-6,12H2/t9-/m0/s1. The number of hydrogen-bond donors (Lipinski definition) is 2. The van der Waals surface area contributed by atoms with Crippen molar-refractivity contribution in [3.8, 4) is 11.5 Å². The average Bonchev–Trinajstić information content (AvgIpc) is 2.29. The third kappa shape index (κ3) is 2.22. The minimum Gasteiger partial charge on any atom is -0.486 e. The van der Waals surface area contributed by atoms with E-state index in [-0.39, 0.29) is 0 Å². The number of hydrogen-bond acceptors (Lipinski definition) is 4. The quantitative estimate of drug-likeness (QED) is 0.774. The molecule has 3 N–H and O–H groups in total. The highest BCUT2D eigenvalue weighted by molar-refractivity contribution is 5.44. The van der Waals surface area contributed by atoms with Gasteiger partial charge in [0.25, 0.3) is 0 Å². The molecule has 15 heavy (non-hydrogen) atoms. The molecule has 0 saturated carbocycles. The van der Waals surface area contributed by atoms with E-state index in [4.69, 9.17) is 15.2 Å². The Morgan fingerprint density at radius 3 is 2.73 bits per heavy atom. The molecular weight excluding hydrogens is 194 g/mol. The van der Waals surface area contributed by atoms with Crippen LogP contribution in [-0.2, 0) is 0 Å². The molecule has 1 heterocycles. The van der Waals surface area contributed by atoms with Crippen LogP contribution in [0.2, 0.25) is 0 Å². The molecule has 0 saturated heterocycles. The molecule has 0 radical (unpaired) electrons. The number of ether oxygens (including phenoxy) is 2. The maximum Gasteiger partial charge on any atom is 0.161 e. The van der Waals surface area contributed by atoms with Gasteiger partial charge in [-0.1, -0.05) is 6.07 Å². The van der Waals surface area contributed by atoms with Crippen molar-refractivity contribution in [2.75, 3.05) is 19.8 Å². The number of aliphatic hydroxyl groups excluding tert-OH is 1. The first-order chi connectivity index (χ1) is 7.31. The summed E-state index contributed by atoms with van der Waals surface area (Å²) in [5.41, 5.74) is 6.21. The van der Waals surface area contributed by atoms with Crippen LogP contribution in [0.4, 0.5) is 0 Å². The second kappa shape index (κ2) is 4.51. The number of aliphatic hydroxyl groups is 1. The lowest BCUT2D eigenvalue weighted by atomic mass is 10.1. The van der Waals surface area contributed by atoms with E-state index >= 15 is 0 Å². The minimum absolute atomic E-state index is 0.468. The van der Waals surface area contributed by atoms with Gasteiger partial charge in [-0.2, -0.15) is 0 Å². The highest BCUT2D eigenvalue weighted by atomic mass is 16.6. The van der Waals surface area contributed by atoms with Crippen LogP contribution in [0.25, 0.3) is 0 Å². The lowest BCUT2D eigenvalue weighted by molar-refractivity contribution is 0.161. The summed E-state index contributed by atoms with van der Waals surface area (Å²) in [4.78, 5) is 0. The zero-order valence-electron chi connectivity index (χ0n) is 8.48. The zero-order valence-corrected chi connectivity index (χ0v) is 8.48. The summed E-state index contributed by atoms with van der Waals surface area (Å²) in [6.45, 7) is 1.61. The molecule has 2 rings (SSSR count). The predicted molar refractivity (Wildman–Crippen MR) is 56.1 cm³/mol. The monoisotopic (exact) mass is 209 g/mol. The maximum atomic E-state index is 9.75. The maximum absolute atomic E-state index is 9.75. The molecular formula is C11H15NO3. The van der Waals surface area contributed by atoms with Crippen molar-refractivity contribution in [3.63, 3.8) is 0 Å². The van der Waals surface area contributed by atoms with Crippen molar-refractivity contribution in [1.82, 2.24) is 0 Å². The summed E-state index contributed by atoms with van der Waals surface area (Å²) in [5, 5.41) is 9.75. The van der Waals surface area contributed by atoms with Gasteiger partial charge in [-0.25, -0.2) is 0 Å². The van der Waals surface area contributed by atoms with Crippen molar-refractivity contribution < 1.29 is 14.6 Å². The Balaban J connectivity index is 2.20. The van der Waals surface area contributed by atoms with Gasteiger partial charge < -0.3 is 20.3 Å². The summed E-state index contributed by atoms with van der Waals surface area (Å²) in [6.07, 6.45) is 0.0328. The molecule has 1 aliphatic rings. The molecule has 1 atom stereocenters. The fraction of sp³-hybridized carbons (Fsp3) is 0.455. The Bertz CT molecular complexity index is 341. The van der Waals surface area contributed by atoms with Crippen LogP contribution in [0.5, 0.6) is 11.5 Å². The lowest BCUT2D eigenvalue weighted by Crippen LogP contribution is -2.16. The third-order valence-electron chi connectivity index (χ3n) is 2.39. The SMILES string of the molecule is NCC[C@H](O)c1ccc2c(c1)OCCO2. The van der Waals surface area contributed by atoms with E-state index in [2.05, 4.69) is 0 Å². The van der Waals surface area contributed by atoms with Gasteiger partial charge in [0, 0.05) is 0 Å². The Hall–Kier alpha value is -1.26. The number of nitrogens with two attached hydrogens (primary N) is 1. The van der Waals surface area contributed by atoms with Crippen molar-refractivity contribution in [2.45, 2.75) is 12.5 Å². The van der Waals surface area contributed by atoms with Crippen LogP contribution in [0.1, 0.15) is 18.1 Å². The van der Waals surface area contributed by atoms with Gasteiger partial charge in [0.2, 0.25) is 0 Å². The van der Waals surface area contributed by atoms with E-state index in [0.29, 0.717) is 31.9 Å². The summed E-state index contributed by atoms with van der Waals surface area (Å²) in [6, 6.07) is 5.48. The second-order valence-corrected chi connectivity index (χ2v) is 3.50. The first-order valence-corrected chi connectivity index (χ1v) is 5.09. The highest BCUT2D eigenvalue weighted by Gasteiger charge is 2.14. The highest BCUT2D eigenvalue weighted by Crippen LogP contribution is 2.33. The van der Waals surface area contributed by atoms with Crippen LogP contribution >= 0.6 is 0 Å². The predicted octanol–water partition coefficient (Wildman–Crippen LogP) is 0.840. The molecule has 82 valence electrons. The third-order valence-corrected chi connectivity index (χ3v) is 2.39. The fourth-order valence-electron chi connectivity index (χ4n) is 1.59. The average molecular weight is 209 g/mol. The van der Waals surface area contributed by atoms with Gasteiger partial charge in [0.15, 0.2) is 11.5 Å². The van der Waals surface area contributed by atoms with Crippen molar-refractivity contribution >= 4 is 0 Å². The summed E-state index contributed by atoms with van der Waals surface area (Å²) in [5.74, 6) is 1.44. The van der Waals surface area contributed by atoms with Gasteiger partial charge in [-0.15, -0.1) is 0 Å². The van der Waals surface area contributed by atoms with E-state index in [1.54, 1.807) is 0 Å². The van der Waals surface area contributed by atoms with Crippen molar-refractivity contribution in [2.24, 2.45) is 5.73 Å². The first kappa shape index (κ1) is 10.3. The summed E-state index contributed by atoms with van der Waals surface area (Å²) in [7, 11) is 0. The Morgan fingerprint density at radius 1 is 1.27 bits per heavy atom. The fourth-order valence-corrected chi connectivity index (χ4v) is 1.59. The van der Waals surface area contributed by atoms with Crippen LogP contribution in [0.15, 0.2) is 18.2 Å². The normalized spacial score (nSPS) is 16.1. The number of rotatable bonds is 3. The number of fused-ring (bicyclic) bond motifs is 1. The van der Waals surface area contributed by atoms with Crippen molar-refractivity contribution in [3.05, 3.63) is 23.8 Å². The second-order valence-electron chi connectivity index (χ2n) is 3.50. The van der Waals surface area contributed by atoms with Crippen LogP contribution in [0, 0.1) is 0 Å². The lowest BCUT2D eigenvalue weighted by Gasteiger charge is -2.20. The minimum atomic E-state index is -0.522. The molecule has 0 spiro atoms. The van der Waals surface area contributed by atoms with Crippen LogP contribution in [0.3, 0.4) is 0 Å². The van der Waals surface area contributed by atoms with Gasteiger partial charge >= 0.3 is 0 Å². The topological polar surface area (TPSA) is 64.7 Å². The smallest absolute Gasteiger partial charge is 0.161 e. The van der Waals surface area contributed by atoms with Crippen LogP contribution in [-0.4, -0.2) is 24.9 Å². The van der Waals surface area contributed by atoms with Gasteiger partial charge in [0.1, 0.15) is 13.2 Å². The van der Waals surface area contributed by atoms with E-state index in [1.165, 1.54) is 0 Å². The molecule has 0 unspecified atom stereocenters. The van der Waals surface area contributed by atoms with Gasteiger partial charge in [0.05, 0.1) is 6.10 Å². The van der Waals surface area contributed by atoms with E-state index < -0.39 is 6.10 Å². The molecule has 0 aliphatic carbocycles. The van der Waals surface area contributed by atoms with E-state index in [0.717, 1.165) is 11.3 Å². The summed E-state index contributed by atoms with van der Waals surface area (Å²) < 4.78 is 10.8. The van der Waals surface area contributed by atoms with Gasteiger partial charge in [-0.3, -0.25) is 0 Å². The molecule has 1 aromatic rings. The van der Waals surface area contributed by atoms with Crippen molar-refractivity contribution in [1.29, 1.82) is 0 Å². The van der Waals surface area contributed by atoms with Gasteiger partial charge in [-0.05, 0) is 30.7 Å². The van der Waals surface area contributed by atoms with E-state index in [1.807, 2.05) is 18.2 Å². The molecule has 4 heteroatoms. The molecule has 1 aliphatic heterocycles. The first-order valence-electron chi connectivity index (χ1n) is 5.09. The number of benzene rings is 1. The molecule has 1 aromatic carbocycles. The van der Waals surface area contributed by atoms with E-state index in [9.17, 15) is 5.11 Å².